The van der Waals surface area contributed by atoms with Crippen LogP contribution < -0.4 is 10.1 Å². The second-order valence-corrected chi connectivity index (χ2v) is 6.20. The Morgan fingerprint density at radius 1 is 1.17 bits per heavy atom. The molecule has 23 heavy (non-hydrogen) atoms. The Labute approximate surface area is 146 Å². The molecule has 0 spiro atoms. The SMILES string of the molecule is C[C@@H](CCc1ccccc1)NC(=O)COc1ccc(Cl)cc1Cl. The molecule has 1 amide bonds. The highest BCUT2D eigenvalue weighted by Crippen LogP contribution is 2.27. The van der Waals surface area contributed by atoms with Crippen LogP contribution in [0, 0.1) is 0 Å². The molecule has 5 heteroatoms. The highest BCUT2D eigenvalue weighted by atomic mass is 35.5. The lowest BCUT2D eigenvalue weighted by atomic mass is 10.1. The highest BCUT2D eigenvalue weighted by Gasteiger charge is 2.10. The molecule has 2 aromatic carbocycles. The fourth-order valence-electron chi connectivity index (χ4n) is 2.15. The number of ether oxygens (including phenoxy) is 1. The Balaban J connectivity index is 1.73. The van der Waals surface area contributed by atoms with Crippen molar-refractivity contribution in [2.75, 3.05) is 6.61 Å². The van der Waals surface area contributed by atoms with Crippen molar-refractivity contribution in [3.8, 4) is 5.75 Å². The summed E-state index contributed by atoms with van der Waals surface area (Å²) in [4.78, 5) is 11.9. The molecule has 0 unspecified atom stereocenters. The molecule has 3 nitrogen and oxygen atoms in total. The van der Waals surface area contributed by atoms with Crippen LogP contribution in [0.25, 0.3) is 0 Å². The highest BCUT2D eigenvalue weighted by molar-refractivity contribution is 6.35. The molecular formula is C18H19Cl2NO2. The number of carbonyl (C=O) groups is 1. The molecule has 0 aliphatic rings. The third kappa shape index (κ3) is 6.12. The molecule has 0 aromatic heterocycles. The molecule has 2 rings (SSSR count). The van der Waals surface area contributed by atoms with E-state index in [9.17, 15) is 4.79 Å². The van der Waals surface area contributed by atoms with Gasteiger partial charge in [0.15, 0.2) is 6.61 Å². The van der Waals surface area contributed by atoms with Gasteiger partial charge in [-0.1, -0.05) is 53.5 Å². The first kappa shape index (κ1) is 17.6. The number of carbonyl (C=O) groups excluding carboxylic acids is 1. The first-order valence-electron chi connectivity index (χ1n) is 7.45. The zero-order valence-corrected chi connectivity index (χ0v) is 14.4. The van der Waals surface area contributed by atoms with Crippen molar-refractivity contribution in [1.82, 2.24) is 5.32 Å². The third-order valence-corrected chi connectivity index (χ3v) is 3.90. The van der Waals surface area contributed by atoms with E-state index >= 15 is 0 Å². The van der Waals surface area contributed by atoms with E-state index in [4.69, 9.17) is 27.9 Å². The van der Waals surface area contributed by atoms with E-state index in [0.717, 1.165) is 12.8 Å². The van der Waals surface area contributed by atoms with Crippen molar-refractivity contribution in [3.05, 3.63) is 64.1 Å². The summed E-state index contributed by atoms with van der Waals surface area (Å²) in [6, 6.07) is 15.2. The van der Waals surface area contributed by atoms with Gasteiger partial charge in [-0.3, -0.25) is 4.79 Å². The summed E-state index contributed by atoms with van der Waals surface area (Å²) in [6.07, 6.45) is 1.80. The van der Waals surface area contributed by atoms with Crippen LogP contribution in [0.2, 0.25) is 10.0 Å². The maximum absolute atomic E-state index is 11.9. The van der Waals surface area contributed by atoms with Crippen LogP contribution in [0.3, 0.4) is 0 Å². The predicted octanol–water partition coefficient (Wildman–Crippen LogP) is 4.51. The number of nitrogens with one attached hydrogen (secondary N) is 1. The number of halogens is 2. The summed E-state index contributed by atoms with van der Waals surface area (Å²) in [5.41, 5.74) is 1.26. The van der Waals surface area contributed by atoms with E-state index in [1.165, 1.54) is 5.56 Å². The zero-order chi connectivity index (χ0) is 16.7. The predicted molar refractivity (Wildman–Crippen MR) is 94.3 cm³/mol. The van der Waals surface area contributed by atoms with Crippen LogP contribution in [-0.4, -0.2) is 18.6 Å². The zero-order valence-electron chi connectivity index (χ0n) is 12.9. The average molecular weight is 352 g/mol. The van der Waals surface area contributed by atoms with E-state index < -0.39 is 0 Å². The molecule has 0 bridgehead atoms. The normalized spacial score (nSPS) is 11.8. The lowest BCUT2D eigenvalue weighted by Gasteiger charge is -2.14. The quantitative estimate of drug-likeness (QED) is 0.796. The lowest BCUT2D eigenvalue weighted by Crippen LogP contribution is -2.36. The van der Waals surface area contributed by atoms with Crippen molar-refractivity contribution in [1.29, 1.82) is 0 Å². The summed E-state index contributed by atoms with van der Waals surface area (Å²) in [5.74, 6) is 0.278. The lowest BCUT2D eigenvalue weighted by molar-refractivity contribution is -0.123. The maximum Gasteiger partial charge on any atom is 0.258 e. The molecule has 2 aromatic rings. The second kappa shape index (κ2) is 8.80. The number of aryl methyl sites for hydroxylation is 1. The van der Waals surface area contributed by atoms with Gasteiger partial charge in [0.05, 0.1) is 5.02 Å². The van der Waals surface area contributed by atoms with Crippen molar-refractivity contribution < 1.29 is 9.53 Å². The van der Waals surface area contributed by atoms with Gasteiger partial charge in [-0.15, -0.1) is 0 Å². The average Bonchev–Trinajstić information content (AvgIpc) is 2.53. The fraction of sp³-hybridized carbons (Fsp3) is 0.278. The molecule has 0 saturated carbocycles. The van der Waals surface area contributed by atoms with Crippen molar-refractivity contribution in [2.24, 2.45) is 0 Å². The van der Waals surface area contributed by atoms with Gasteiger partial charge in [0, 0.05) is 11.1 Å². The Kier molecular flexibility index (Phi) is 6.75. The van der Waals surface area contributed by atoms with Gasteiger partial charge in [0.2, 0.25) is 0 Å². The van der Waals surface area contributed by atoms with Crippen LogP contribution in [-0.2, 0) is 11.2 Å². The summed E-state index contributed by atoms with van der Waals surface area (Å²) >= 11 is 11.8. The van der Waals surface area contributed by atoms with Gasteiger partial charge in [0.25, 0.3) is 5.91 Å². The summed E-state index contributed by atoms with van der Waals surface area (Å²) < 4.78 is 5.41. The van der Waals surface area contributed by atoms with Crippen molar-refractivity contribution in [3.63, 3.8) is 0 Å². The molecule has 1 N–H and O–H groups in total. The van der Waals surface area contributed by atoms with Crippen LogP contribution in [0.5, 0.6) is 5.75 Å². The number of amides is 1. The number of hydrogen-bond donors (Lipinski definition) is 1. The molecule has 0 radical (unpaired) electrons. The van der Waals surface area contributed by atoms with E-state index in [-0.39, 0.29) is 18.6 Å². The third-order valence-electron chi connectivity index (χ3n) is 3.37. The molecule has 0 saturated heterocycles. The van der Waals surface area contributed by atoms with Gasteiger partial charge in [-0.05, 0) is 43.5 Å². The minimum absolute atomic E-state index is 0.0724. The van der Waals surface area contributed by atoms with E-state index in [2.05, 4.69) is 17.4 Å². The Morgan fingerprint density at radius 3 is 2.61 bits per heavy atom. The fourth-order valence-corrected chi connectivity index (χ4v) is 2.62. The van der Waals surface area contributed by atoms with Crippen LogP contribution >= 0.6 is 23.2 Å². The Bertz CT molecular complexity index is 647. The monoisotopic (exact) mass is 351 g/mol. The van der Waals surface area contributed by atoms with Crippen LogP contribution in [0.4, 0.5) is 0 Å². The summed E-state index contributed by atoms with van der Waals surface area (Å²) in [5, 5.41) is 3.84. The molecule has 122 valence electrons. The Morgan fingerprint density at radius 2 is 1.91 bits per heavy atom. The molecule has 0 aliphatic heterocycles. The second-order valence-electron chi connectivity index (χ2n) is 5.36. The van der Waals surface area contributed by atoms with Crippen molar-refractivity contribution in [2.45, 2.75) is 25.8 Å². The number of benzene rings is 2. The first-order valence-corrected chi connectivity index (χ1v) is 8.21. The van der Waals surface area contributed by atoms with E-state index in [1.54, 1.807) is 18.2 Å². The van der Waals surface area contributed by atoms with Gasteiger partial charge in [-0.25, -0.2) is 0 Å². The summed E-state index contributed by atoms with van der Waals surface area (Å²) in [6.45, 7) is 1.91. The Hall–Kier alpha value is -1.71. The number of hydrogen-bond acceptors (Lipinski definition) is 2. The van der Waals surface area contributed by atoms with Gasteiger partial charge < -0.3 is 10.1 Å². The first-order chi connectivity index (χ1) is 11.0. The van der Waals surface area contributed by atoms with E-state index in [1.807, 2.05) is 25.1 Å². The largest absolute Gasteiger partial charge is 0.482 e. The molecule has 0 heterocycles. The van der Waals surface area contributed by atoms with Gasteiger partial charge in [0.1, 0.15) is 5.75 Å². The van der Waals surface area contributed by atoms with Crippen LogP contribution in [0.1, 0.15) is 18.9 Å². The smallest absolute Gasteiger partial charge is 0.258 e. The van der Waals surface area contributed by atoms with Gasteiger partial charge in [-0.2, -0.15) is 0 Å². The minimum Gasteiger partial charge on any atom is -0.482 e. The molecular weight excluding hydrogens is 333 g/mol. The molecule has 1 atom stereocenters. The van der Waals surface area contributed by atoms with Crippen LogP contribution in [0.15, 0.2) is 48.5 Å². The van der Waals surface area contributed by atoms with Gasteiger partial charge >= 0.3 is 0 Å². The topological polar surface area (TPSA) is 38.3 Å². The number of rotatable bonds is 7. The summed E-state index contributed by atoms with van der Waals surface area (Å²) in [7, 11) is 0. The van der Waals surface area contributed by atoms with E-state index in [0.29, 0.717) is 15.8 Å². The minimum atomic E-state index is -0.170. The standard InChI is InChI=1S/C18H19Cl2NO2/c1-13(7-8-14-5-3-2-4-6-14)21-18(22)12-23-17-10-9-15(19)11-16(17)20/h2-6,9-11,13H,7-8,12H2,1H3,(H,21,22)/t13-/m0/s1. The molecule has 0 aliphatic carbocycles. The maximum atomic E-state index is 11.9. The molecule has 0 fully saturated rings. The van der Waals surface area contributed by atoms with Crippen molar-refractivity contribution >= 4 is 29.1 Å².